The zero-order valence-electron chi connectivity index (χ0n) is 10.7. The van der Waals surface area contributed by atoms with Gasteiger partial charge in [0, 0.05) is 13.5 Å². The van der Waals surface area contributed by atoms with Crippen LogP contribution in [0.5, 0.6) is 0 Å². The largest absolute Gasteiger partial charge is 0.383 e. The number of halogens is 1. The van der Waals surface area contributed by atoms with Crippen molar-refractivity contribution in [3.05, 3.63) is 16.9 Å². The number of Topliss-reactive ketones (excluding diaryl/α,β-unsaturated/α-hetero) is 1. The Hall–Kier alpha value is -0.870. The van der Waals surface area contributed by atoms with Crippen molar-refractivity contribution in [2.75, 3.05) is 13.7 Å². The molecule has 0 aromatic carbocycles. The summed E-state index contributed by atoms with van der Waals surface area (Å²) in [6.45, 7) is 1.22. The van der Waals surface area contributed by atoms with Crippen molar-refractivity contribution in [3.63, 3.8) is 0 Å². The van der Waals surface area contributed by atoms with Gasteiger partial charge < -0.3 is 4.74 Å². The highest BCUT2D eigenvalue weighted by Gasteiger charge is 2.27. The first kappa shape index (κ1) is 13.6. The normalized spacial score (nSPS) is 21.0. The van der Waals surface area contributed by atoms with E-state index >= 15 is 0 Å². The second kappa shape index (κ2) is 6.34. The van der Waals surface area contributed by atoms with Crippen LogP contribution in [0.15, 0.2) is 6.20 Å². The fraction of sp³-hybridized carbons (Fsp3) is 0.692. The maximum Gasteiger partial charge on any atom is 0.141 e. The van der Waals surface area contributed by atoms with E-state index in [1.807, 2.05) is 4.68 Å². The summed E-state index contributed by atoms with van der Waals surface area (Å²) in [6, 6.07) is 0. The molecule has 1 unspecified atom stereocenters. The van der Waals surface area contributed by atoms with E-state index in [-0.39, 0.29) is 5.92 Å². The summed E-state index contributed by atoms with van der Waals surface area (Å²) in [4.78, 5) is 12.2. The van der Waals surface area contributed by atoms with E-state index in [2.05, 4.69) is 5.10 Å². The fourth-order valence-electron chi connectivity index (χ4n) is 2.52. The quantitative estimate of drug-likeness (QED) is 0.790. The van der Waals surface area contributed by atoms with Gasteiger partial charge in [-0.25, -0.2) is 0 Å². The number of hydrogen-bond acceptors (Lipinski definition) is 3. The monoisotopic (exact) mass is 270 g/mol. The van der Waals surface area contributed by atoms with Crippen LogP contribution >= 0.6 is 11.6 Å². The van der Waals surface area contributed by atoms with Crippen LogP contribution in [0.3, 0.4) is 0 Å². The lowest BCUT2D eigenvalue weighted by Gasteiger charge is -2.16. The van der Waals surface area contributed by atoms with Gasteiger partial charge in [-0.3, -0.25) is 9.48 Å². The Morgan fingerprint density at radius 3 is 3.11 bits per heavy atom. The number of ether oxygens (including phenoxy) is 1. The molecule has 1 aliphatic rings. The molecule has 1 aromatic heterocycles. The van der Waals surface area contributed by atoms with Crippen molar-refractivity contribution in [1.82, 2.24) is 9.78 Å². The van der Waals surface area contributed by atoms with Gasteiger partial charge in [0.25, 0.3) is 0 Å². The molecule has 1 aliphatic carbocycles. The summed E-state index contributed by atoms with van der Waals surface area (Å²) >= 11 is 6.20. The summed E-state index contributed by atoms with van der Waals surface area (Å²) in [6.07, 6.45) is 6.39. The highest BCUT2D eigenvalue weighted by Crippen LogP contribution is 2.33. The Morgan fingerprint density at radius 1 is 1.50 bits per heavy atom. The third-order valence-corrected chi connectivity index (χ3v) is 3.77. The molecule has 1 atom stereocenters. The van der Waals surface area contributed by atoms with E-state index in [0.29, 0.717) is 30.4 Å². The van der Waals surface area contributed by atoms with Crippen molar-refractivity contribution in [1.29, 1.82) is 0 Å². The third kappa shape index (κ3) is 2.93. The first-order chi connectivity index (χ1) is 8.74. The molecule has 0 radical (unpaired) electrons. The minimum Gasteiger partial charge on any atom is -0.383 e. The lowest BCUT2D eigenvalue weighted by atomic mass is 9.95. The molecule has 4 nitrogen and oxygen atoms in total. The molecule has 0 N–H and O–H groups in total. The van der Waals surface area contributed by atoms with Crippen LogP contribution in [-0.2, 0) is 16.1 Å². The van der Waals surface area contributed by atoms with Crippen molar-refractivity contribution in [2.45, 2.75) is 44.6 Å². The van der Waals surface area contributed by atoms with Gasteiger partial charge >= 0.3 is 0 Å². The van der Waals surface area contributed by atoms with Gasteiger partial charge in [-0.1, -0.05) is 24.4 Å². The average molecular weight is 271 g/mol. The molecule has 5 heteroatoms. The standard InChI is InChI=1S/C13H19ClN2O2/c1-18-8-7-16-13(11(14)9-15-16)10-5-3-2-4-6-12(10)17/h9-10H,2-8H2,1H3. The van der Waals surface area contributed by atoms with Crippen LogP contribution in [0.4, 0.5) is 0 Å². The minimum atomic E-state index is -0.0839. The molecule has 0 spiro atoms. The Bertz CT molecular complexity index is 417. The maximum absolute atomic E-state index is 12.2. The number of aromatic nitrogens is 2. The molecular formula is C13H19ClN2O2. The first-order valence-corrected chi connectivity index (χ1v) is 6.84. The van der Waals surface area contributed by atoms with E-state index in [1.165, 1.54) is 0 Å². The van der Waals surface area contributed by atoms with Gasteiger partial charge in [-0.2, -0.15) is 5.10 Å². The van der Waals surface area contributed by atoms with Crippen molar-refractivity contribution >= 4 is 17.4 Å². The predicted molar refractivity (Wildman–Crippen MR) is 69.9 cm³/mol. The van der Waals surface area contributed by atoms with E-state index in [4.69, 9.17) is 16.3 Å². The molecule has 18 heavy (non-hydrogen) atoms. The summed E-state index contributed by atoms with van der Waals surface area (Å²) < 4.78 is 6.88. The molecule has 100 valence electrons. The third-order valence-electron chi connectivity index (χ3n) is 3.48. The van der Waals surface area contributed by atoms with Crippen LogP contribution in [0.2, 0.25) is 5.02 Å². The molecule has 0 aliphatic heterocycles. The predicted octanol–water partition coefficient (Wildman–Crippen LogP) is 2.80. The van der Waals surface area contributed by atoms with Gasteiger partial charge in [0.2, 0.25) is 0 Å². The van der Waals surface area contributed by atoms with Gasteiger partial charge in [0.1, 0.15) is 5.78 Å². The van der Waals surface area contributed by atoms with Gasteiger partial charge in [0.15, 0.2) is 0 Å². The van der Waals surface area contributed by atoms with Gasteiger partial charge in [-0.05, 0) is 12.8 Å². The van der Waals surface area contributed by atoms with Crippen LogP contribution in [0.1, 0.15) is 43.7 Å². The van der Waals surface area contributed by atoms with Crippen molar-refractivity contribution < 1.29 is 9.53 Å². The van der Waals surface area contributed by atoms with Crippen LogP contribution < -0.4 is 0 Å². The SMILES string of the molecule is COCCn1ncc(Cl)c1C1CCCCCC1=O. The fourth-order valence-corrected chi connectivity index (χ4v) is 2.80. The number of rotatable bonds is 4. The van der Waals surface area contributed by atoms with E-state index in [0.717, 1.165) is 31.4 Å². The lowest BCUT2D eigenvalue weighted by Crippen LogP contribution is -2.18. The average Bonchev–Trinajstić information content (AvgIpc) is 2.58. The second-order valence-electron chi connectivity index (χ2n) is 4.71. The number of carbonyl (C=O) groups excluding carboxylic acids is 1. The molecule has 1 heterocycles. The summed E-state index contributed by atoms with van der Waals surface area (Å²) in [7, 11) is 1.65. The minimum absolute atomic E-state index is 0.0839. The number of hydrogen-bond donors (Lipinski definition) is 0. The number of ketones is 1. The molecule has 0 amide bonds. The topological polar surface area (TPSA) is 44.1 Å². The Balaban J connectivity index is 2.24. The molecule has 1 saturated carbocycles. The number of carbonyl (C=O) groups is 1. The highest BCUT2D eigenvalue weighted by atomic mass is 35.5. The van der Waals surface area contributed by atoms with E-state index in [1.54, 1.807) is 13.3 Å². The molecular weight excluding hydrogens is 252 g/mol. The zero-order valence-corrected chi connectivity index (χ0v) is 11.4. The molecule has 2 rings (SSSR count). The number of methoxy groups -OCH3 is 1. The molecule has 1 aromatic rings. The Morgan fingerprint density at radius 2 is 2.33 bits per heavy atom. The van der Waals surface area contributed by atoms with Crippen LogP contribution in [0.25, 0.3) is 0 Å². The second-order valence-corrected chi connectivity index (χ2v) is 5.12. The van der Waals surface area contributed by atoms with Crippen molar-refractivity contribution in [3.8, 4) is 0 Å². The lowest BCUT2D eigenvalue weighted by molar-refractivity contribution is -0.120. The van der Waals surface area contributed by atoms with E-state index in [9.17, 15) is 4.79 Å². The van der Waals surface area contributed by atoms with E-state index < -0.39 is 0 Å². The van der Waals surface area contributed by atoms with Gasteiger partial charge in [-0.15, -0.1) is 0 Å². The smallest absolute Gasteiger partial charge is 0.141 e. The Kier molecular flexibility index (Phi) is 4.78. The molecule has 0 saturated heterocycles. The van der Waals surface area contributed by atoms with Gasteiger partial charge in [0.05, 0.1) is 36.0 Å². The first-order valence-electron chi connectivity index (χ1n) is 6.47. The van der Waals surface area contributed by atoms with Crippen LogP contribution in [-0.4, -0.2) is 29.3 Å². The molecule has 1 fully saturated rings. The zero-order chi connectivity index (χ0) is 13.0. The van der Waals surface area contributed by atoms with Crippen LogP contribution in [0, 0.1) is 0 Å². The summed E-state index contributed by atoms with van der Waals surface area (Å²) in [5.41, 5.74) is 0.876. The molecule has 0 bridgehead atoms. The summed E-state index contributed by atoms with van der Waals surface area (Å²) in [5.74, 6) is 0.216. The van der Waals surface area contributed by atoms with Crippen molar-refractivity contribution in [2.24, 2.45) is 0 Å². The summed E-state index contributed by atoms with van der Waals surface area (Å²) in [5, 5.41) is 4.85. The number of nitrogens with zero attached hydrogens (tertiary/aromatic N) is 2. The highest BCUT2D eigenvalue weighted by molar-refractivity contribution is 6.31. The maximum atomic E-state index is 12.2. The Labute approximate surface area is 112 Å².